The van der Waals surface area contributed by atoms with Gasteiger partial charge in [-0.15, -0.1) is 0 Å². The molecule has 106 valence electrons. The standard InChI is InChI=1S/C12H5F6NO/c1-20-12-4(2-19-3-5(12)13)6-7(14)9(16)11(18)10(17)8(6)15/h2-3H,1H3. The fraction of sp³-hybridized carbons (Fsp3) is 0.0833. The zero-order chi connectivity index (χ0) is 15.0. The van der Waals surface area contributed by atoms with E-state index in [2.05, 4.69) is 9.72 Å². The first-order valence-electron chi connectivity index (χ1n) is 5.09. The highest BCUT2D eigenvalue weighted by Gasteiger charge is 2.29. The highest BCUT2D eigenvalue weighted by atomic mass is 19.2. The molecule has 0 fully saturated rings. The van der Waals surface area contributed by atoms with Crippen molar-refractivity contribution in [3.63, 3.8) is 0 Å². The maximum absolute atomic E-state index is 13.6. The lowest BCUT2D eigenvalue weighted by atomic mass is 10.0. The van der Waals surface area contributed by atoms with Gasteiger partial charge in [0, 0.05) is 6.20 Å². The fourth-order valence-corrected chi connectivity index (χ4v) is 1.65. The van der Waals surface area contributed by atoms with Crippen LogP contribution < -0.4 is 4.74 Å². The van der Waals surface area contributed by atoms with Crippen LogP contribution in [0.15, 0.2) is 12.4 Å². The molecule has 0 atom stereocenters. The van der Waals surface area contributed by atoms with Crippen LogP contribution >= 0.6 is 0 Å². The van der Waals surface area contributed by atoms with Gasteiger partial charge in [-0.2, -0.15) is 0 Å². The Kier molecular flexibility index (Phi) is 3.56. The number of nitrogens with zero attached hydrogens (tertiary/aromatic N) is 1. The highest BCUT2D eigenvalue weighted by Crippen LogP contribution is 2.37. The molecule has 0 aliphatic rings. The van der Waals surface area contributed by atoms with Crippen LogP contribution in [-0.2, 0) is 0 Å². The Morgan fingerprint density at radius 1 is 0.800 bits per heavy atom. The number of pyridine rings is 1. The lowest BCUT2D eigenvalue weighted by Gasteiger charge is -2.12. The average molecular weight is 293 g/mol. The smallest absolute Gasteiger partial charge is 0.200 e. The molecule has 0 saturated carbocycles. The van der Waals surface area contributed by atoms with E-state index in [1.54, 1.807) is 0 Å². The lowest BCUT2D eigenvalue weighted by molar-refractivity contribution is 0.375. The van der Waals surface area contributed by atoms with Crippen molar-refractivity contribution in [1.29, 1.82) is 0 Å². The molecule has 2 rings (SSSR count). The minimum absolute atomic E-state index is 0.675. The SMILES string of the molecule is COc1c(F)cncc1-c1c(F)c(F)c(F)c(F)c1F. The van der Waals surface area contributed by atoms with E-state index in [9.17, 15) is 26.3 Å². The molecule has 20 heavy (non-hydrogen) atoms. The Hall–Kier alpha value is -2.25. The normalized spacial score (nSPS) is 10.8. The average Bonchev–Trinajstić information content (AvgIpc) is 2.43. The van der Waals surface area contributed by atoms with Gasteiger partial charge in [0.05, 0.1) is 24.4 Å². The van der Waals surface area contributed by atoms with Crippen molar-refractivity contribution in [3.05, 3.63) is 47.3 Å². The largest absolute Gasteiger partial charge is 0.493 e. The second-order valence-electron chi connectivity index (χ2n) is 3.65. The molecular weight excluding hydrogens is 288 g/mol. The predicted molar refractivity (Wildman–Crippen MR) is 56.0 cm³/mol. The van der Waals surface area contributed by atoms with Crippen LogP contribution in [0.4, 0.5) is 26.3 Å². The van der Waals surface area contributed by atoms with Gasteiger partial charge in [-0.05, 0) is 0 Å². The Balaban J connectivity index is 2.87. The van der Waals surface area contributed by atoms with Gasteiger partial charge in [-0.3, -0.25) is 4.98 Å². The van der Waals surface area contributed by atoms with Gasteiger partial charge in [0.25, 0.3) is 0 Å². The first-order valence-corrected chi connectivity index (χ1v) is 5.09. The molecule has 0 unspecified atom stereocenters. The maximum Gasteiger partial charge on any atom is 0.200 e. The van der Waals surface area contributed by atoms with E-state index >= 15 is 0 Å². The van der Waals surface area contributed by atoms with Gasteiger partial charge in [0.1, 0.15) is 0 Å². The summed E-state index contributed by atoms with van der Waals surface area (Å²) in [5.41, 5.74) is -1.98. The van der Waals surface area contributed by atoms with Gasteiger partial charge < -0.3 is 4.74 Å². The second kappa shape index (κ2) is 5.03. The van der Waals surface area contributed by atoms with Crippen LogP contribution in [0.25, 0.3) is 11.1 Å². The summed E-state index contributed by atoms with van der Waals surface area (Å²) in [5, 5.41) is 0. The molecule has 1 heterocycles. The minimum Gasteiger partial charge on any atom is -0.493 e. The number of halogens is 6. The molecule has 2 aromatic rings. The fourth-order valence-electron chi connectivity index (χ4n) is 1.65. The third-order valence-electron chi connectivity index (χ3n) is 2.54. The quantitative estimate of drug-likeness (QED) is 0.479. The molecule has 1 aromatic heterocycles. The second-order valence-corrected chi connectivity index (χ2v) is 3.65. The molecule has 0 aliphatic heterocycles. The molecule has 0 radical (unpaired) electrons. The summed E-state index contributed by atoms with van der Waals surface area (Å²) in [6.07, 6.45) is 1.41. The number of hydrogen-bond donors (Lipinski definition) is 0. The van der Waals surface area contributed by atoms with Crippen molar-refractivity contribution in [3.8, 4) is 16.9 Å². The molecular formula is C12H5F6NO. The topological polar surface area (TPSA) is 22.1 Å². The first kappa shape index (κ1) is 14.2. The molecule has 0 amide bonds. The zero-order valence-electron chi connectivity index (χ0n) is 9.78. The lowest BCUT2D eigenvalue weighted by Crippen LogP contribution is -2.05. The number of hydrogen-bond acceptors (Lipinski definition) is 2. The van der Waals surface area contributed by atoms with E-state index in [0.717, 1.165) is 13.3 Å². The van der Waals surface area contributed by atoms with Crippen LogP contribution in [0.5, 0.6) is 5.75 Å². The van der Waals surface area contributed by atoms with Gasteiger partial charge in [-0.1, -0.05) is 0 Å². The van der Waals surface area contributed by atoms with Gasteiger partial charge in [0.15, 0.2) is 34.8 Å². The Labute approximate surface area is 108 Å². The van der Waals surface area contributed by atoms with E-state index in [4.69, 9.17) is 0 Å². The molecule has 2 nitrogen and oxygen atoms in total. The number of ether oxygens (including phenoxy) is 1. The summed E-state index contributed by atoms with van der Waals surface area (Å²) in [4.78, 5) is 3.31. The van der Waals surface area contributed by atoms with Gasteiger partial charge in [0.2, 0.25) is 5.82 Å². The zero-order valence-corrected chi connectivity index (χ0v) is 9.78. The summed E-state index contributed by atoms with van der Waals surface area (Å²) >= 11 is 0. The van der Waals surface area contributed by atoms with Crippen LogP contribution in [0.1, 0.15) is 0 Å². The van der Waals surface area contributed by atoms with Crippen LogP contribution in [0.2, 0.25) is 0 Å². The maximum atomic E-state index is 13.6. The highest BCUT2D eigenvalue weighted by molar-refractivity contribution is 5.71. The van der Waals surface area contributed by atoms with E-state index in [-0.39, 0.29) is 0 Å². The van der Waals surface area contributed by atoms with E-state index in [0.29, 0.717) is 6.20 Å². The third kappa shape index (κ3) is 1.97. The van der Waals surface area contributed by atoms with Crippen LogP contribution in [-0.4, -0.2) is 12.1 Å². The van der Waals surface area contributed by atoms with E-state index in [1.165, 1.54) is 0 Å². The number of aromatic nitrogens is 1. The van der Waals surface area contributed by atoms with Crippen molar-refractivity contribution in [2.75, 3.05) is 7.11 Å². The monoisotopic (exact) mass is 293 g/mol. The summed E-state index contributed by atoms with van der Waals surface area (Å²) in [5.74, 6) is -12.5. The number of benzene rings is 1. The van der Waals surface area contributed by atoms with Crippen molar-refractivity contribution in [2.45, 2.75) is 0 Å². The summed E-state index contributed by atoms with van der Waals surface area (Å²) < 4.78 is 84.3. The molecule has 0 N–H and O–H groups in total. The Morgan fingerprint density at radius 2 is 1.30 bits per heavy atom. The summed E-state index contributed by atoms with van der Waals surface area (Å²) in [6.45, 7) is 0. The van der Waals surface area contributed by atoms with Crippen LogP contribution in [0.3, 0.4) is 0 Å². The number of methoxy groups -OCH3 is 1. The molecule has 0 bridgehead atoms. The molecule has 0 spiro atoms. The summed E-state index contributed by atoms with van der Waals surface area (Å²) in [7, 11) is 0.980. The Morgan fingerprint density at radius 3 is 1.80 bits per heavy atom. The van der Waals surface area contributed by atoms with Crippen LogP contribution in [0, 0.1) is 34.9 Å². The minimum atomic E-state index is -2.30. The summed E-state index contributed by atoms with van der Waals surface area (Å²) in [6, 6.07) is 0. The van der Waals surface area contributed by atoms with E-state index in [1.807, 2.05) is 0 Å². The number of rotatable bonds is 2. The van der Waals surface area contributed by atoms with Crippen molar-refractivity contribution < 1.29 is 31.1 Å². The molecule has 0 saturated heterocycles. The van der Waals surface area contributed by atoms with Gasteiger partial charge in [-0.25, -0.2) is 26.3 Å². The van der Waals surface area contributed by atoms with Crippen molar-refractivity contribution in [2.24, 2.45) is 0 Å². The van der Waals surface area contributed by atoms with Gasteiger partial charge >= 0.3 is 0 Å². The molecule has 1 aromatic carbocycles. The third-order valence-corrected chi connectivity index (χ3v) is 2.54. The van der Waals surface area contributed by atoms with E-state index < -0.39 is 51.8 Å². The Bertz CT molecular complexity index is 659. The predicted octanol–water partition coefficient (Wildman–Crippen LogP) is 3.59. The molecule has 0 aliphatic carbocycles. The first-order chi connectivity index (χ1) is 9.40. The van der Waals surface area contributed by atoms with Crippen molar-refractivity contribution >= 4 is 0 Å². The van der Waals surface area contributed by atoms with Crippen molar-refractivity contribution in [1.82, 2.24) is 4.98 Å². The molecule has 8 heteroatoms.